The van der Waals surface area contributed by atoms with Gasteiger partial charge in [-0.15, -0.1) is 0 Å². The lowest BCUT2D eigenvalue weighted by molar-refractivity contribution is -0.143. The molecule has 5 nitrogen and oxygen atoms in total. The van der Waals surface area contributed by atoms with Gasteiger partial charge < -0.3 is 9.84 Å². The largest absolute Gasteiger partial charge is 0.478 e. The van der Waals surface area contributed by atoms with E-state index in [1.165, 1.54) is 18.2 Å². The smallest absolute Gasteiger partial charge is 0.416 e. The van der Waals surface area contributed by atoms with Crippen LogP contribution in [-0.4, -0.2) is 29.2 Å². The van der Waals surface area contributed by atoms with Crippen molar-refractivity contribution in [2.45, 2.75) is 31.6 Å². The van der Waals surface area contributed by atoms with Crippen LogP contribution in [0.4, 0.5) is 48.7 Å². The lowest BCUT2D eigenvalue weighted by atomic mass is 9.93. The number of alkyl halides is 9. The van der Waals surface area contributed by atoms with Crippen molar-refractivity contribution in [2.24, 2.45) is 0 Å². The summed E-state index contributed by atoms with van der Waals surface area (Å²) in [5, 5.41) is 9.06. The lowest BCUT2D eigenvalue weighted by Gasteiger charge is -2.25. The highest BCUT2D eigenvalue weighted by Gasteiger charge is 2.37. The molecule has 4 aromatic rings. The Hall–Kier alpha value is -4.79. The average molecular weight is 708 g/mol. The second-order valence-electron chi connectivity index (χ2n) is 10.3. The van der Waals surface area contributed by atoms with Gasteiger partial charge in [0.05, 0.1) is 29.4 Å². The molecule has 0 saturated heterocycles. The predicted molar refractivity (Wildman–Crippen MR) is 152 cm³/mol. The second kappa shape index (κ2) is 13.4. The molecule has 1 N–H and O–H groups in total. The molecule has 0 aromatic heterocycles. The van der Waals surface area contributed by atoms with Crippen molar-refractivity contribution in [3.8, 4) is 22.3 Å². The molecule has 0 aliphatic rings. The zero-order chi connectivity index (χ0) is 35.8. The molecule has 0 bridgehead atoms. The molecule has 0 saturated carbocycles. The topological polar surface area (TPSA) is 66.8 Å². The van der Waals surface area contributed by atoms with Gasteiger partial charge in [-0.25, -0.2) is 14.0 Å². The molecule has 0 aliphatic heterocycles. The van der Waals surface area contributed by atoms with Gasteiger partial charge in [0.2, 0.25) is 0 Å². The van der Waals surface area contributed by atoms with E-state index in [2.05, 4.69) is 4.74 Å². The number of methoxy groups -OCH3 is 1. The Balaban J connectivity index is 1.86. The van der Waals surface area contributed by atoms with E-state index in [9.17, 15) is 53.5 Å². The van der Waals surface area contributed by atoms with Crippen molar-refractivity contribution in [2.75, 3.05) is 7.11 Å². The van der Waals surface area contributed by atoms with Gasteiger partial charge in [0.1, 0.15) is 5.82 Å². The Morgan fingerprint density at radius 1 is 0.708 bits per heavy atom. The normalized spacial score (nSPS) is 12.2. The fourth-order valence-corrected chi connectivity index (χ4v) is 5.02. The highest BCUT2D eigenvalue weighted by molar-refractivity contribution is 6.33. The van der Waals surface area contributed by atoms with E-state index in [4.69, 9.17) is 16.7 Å². The van der Waals surface area contributed by atoms with Crippen molar-refractivity contribution in [1.29, 1.82) is 0 Å². The minimum Gasteiger partial charge on any atom is -0.478 e. The van der Waals surface area contributed by atoms with Crippen LogP contribution in [0.2, 0.25) is 5.02 Å². The Bertz CT molecular complexity index is 1840. The molecule has 0 fully saturated rings. The van der Waals surface area contributed by atoms with Gasteiger partial charge in [-0.3, -0.25) is 4.90 Å². The average Bonchev–Trinajstić information content (AvgIpc) is 2.99. The van der Waals surface area contributed by atoms with Gasteiger partial charge in [0, 0.05) is 29.2 Å². The number of carbonyl (C=O) groups is 2. The molecule has 254 valence electrons. The Kier molecular flexibility index (Phi) is 10.0. The number of rotatable bonds is 7. The minimum atomic E-state index is -5.21. The van der Waals surface area contributed by atoms with Crippen molar-refractivity contribution in [1.82, 2.24) is 4.90 Å². The molecule has 48 heavy (non-hydrogen) atoms. The van der Waals surface area contributed by atoms with Gasteiger partial charge in [-0.05, 0) is 76.9 Å². The zero-order valence-electron chi connectivity index (χ0n) is 24.1. The Labute approximate surface area is 269 Å². The van der Waals surface area contributed by atoms with Gasteiger partial charge in [0.25, 0.3) is 0 Å². The summed E-state index contributed by atoms with van der Waals surface area (Å²) in [6.07, 6.45) is -16.7. The first kappa shape index (κ1) is 36.1. The van der Waals surface area contributed by atoms with Gasteiger partial charge in [-0.2, -0.15) is 39.5 Å². The third-order valence-corrected chi connectivity index (χ3v) is 7.36. The van der Waals surface area contributed by atoms with Crippen LogP contribution in [0.25, 0.3) is 22.3 Å². The number of carboxylic acids is 1. The number of amides is 1. The monoisotopic (exact) mass is 707 g/mol. The van der Waals surface area contributed by atoms with E-state index in [1.54, 1.807) is 0 Å². The summed E-state index contributed by atoms with van der Waals surface area (Å²) >= 11 is 6.39. The van der Waals surface area contributed by atoms with E-state index in [-0.39, 0.29) is 44.5 Å². The summed E-state index contributed by atoms with van der Waals surface area (Å²) in [5.74, 6) is -2.35. The van der Waals surface area contributed by atoms with E-state index in [0.29, 0.717) is 29.2 Å². The summed E-state index contributed by atoms with van der Waals surface area (Å²) in [7, 11) is 0.847. The van der Waals surface area contributed by atoms with Crippen molar-refractivity contribution in [3.05, 3.63) is 117 Å². The maximum atomic E-state index is 14.9. The number of hydrogen-bond donors (Lipinski definition) is 1. The fourth-order valence-electron chi connectivity index (χ4n) is 4.80. The highest BCUT2D eigenvalue weighted by Crippen LogP contribution is 2.40. The molecule has 0 radical (unpaired) electrons. The SMILES string of the molecule is COC(=O)N(Cc1cc(C(F)(F)F)cc(C(F)(F)F)c1)Cc1cc(C(F)(F)F)ccc1-c1cc(-c2ccc(C(=O)O)cc2F)ccc1Cl. The number of ether oxygens (including phenoxy) is 1. The number of aromatic carboxylic acids is 1. The second-order valence-corrected chi connectivity index (χ2v) is 10.7. The summed E-state index contributed by atoms with van der Waals surface area (Å²) in [5.41, 5.74) is -5.94. The number of carboxylic acid groups (broad SMARTS) is 1. The van der Waals surface area contributed by atoms with Crippen LogP contribution >= 0.6 is 11.6 Å². The third-order valence-electron chi connectivity index (χ3n) is 7.03. The first-order chi connectivity index (χ1) is 22.2. The molecule has 16 heteroatoms. The Morgan fingerprint density at radius 3 is 1.81 bits per heavy atom. The van der Waals surface area contributed by atoms with Crippen LogP contribution in [0.1, 0.15) is 38.2 Å². The van der Waals surface area contributed by atoms with Crippen LogP contribution < -0.4 is 0 Å². The first-order valence-electron chi connectivity index (χ1n) is 13.3. The number of halogens is 11. The first-order valence-corrected chi connectivity index (χ1v) is 13.7. The maximum absolute atomic E-state index is 14.9. The predicted octanol–water partition coefficient (Wildman–Crippen LogP) is 10.3. The molecule has 4 aromatic carbocycles. The molecule has 0 spiro atoms. The van der Waals surface area contributed by atoms with E-state index in [0.717, 1.165) is 31.4 Å². The third kappa shape index (κ3) is 8.19. The van der Waals surface area contributed by atoms with Gasteiger partial charge in [-0.1, -0.05) is 29.8 Å². The molecule has 0 atom stereocenters. The standard InChI is InChI=1S/C32H20ClF10NO4/c1-48-29(47)44(14-16-8-21(31(38,39)40)13-22(9-16)32(41,42)43)15-19-10-20(30(35,36)37)4-6-23(19)25-11-17(3-7-26(25)33)24-5-2-18(28(45)46)12-27(24)34/h2-13H,14-15H2,1H3,(H,45,46). The van der Waals surface area contributed by atoms with Crippen LogP contribution in [0.3, 0.4) is 0 Å². The molecule has 0 unspecified atom stereocenters. The van der Waals surface area contributed by atoms with Crippen LogP contribution in [0.15, 0.2) is 72.8 Å². The fraction of sp³-hybridized carbons (Fsp3) is 0.188. The number of benzene rings is 4. The maximum Gasteiger partial charge on any atom is 0.416 e. The summed E-state index contributed by atoms with van der Waals surface area (Å²) in [6, 6.07) is 9.80. The van der Waals surface area contributed by atoms with Crippen LogP contribution in [-0.2, 0) is 36.4 Å². The zero-order valence-corrected chi connectivity index (χ0v) is 24.9. The van der Waals surface area contributed by atoms with Crippen molar-refractivity contribution in [3.63, 3.8) is 0 Å². The summed E-state index contributed by atoms with van der Waals surface area (Å²) < 4.78 is 142. The molecule has 4 rings (SSSR count). The number of carbonyl (C=O) groups excluding carboxylic acids is 1. The van der Waals surface area contributed by atoms with Gasteiger partial charge >= 0.3 is 30.6 Å². The van der Waals surface area contributed by atoms with Crippen LogP contribution in [0, 0.1) is 5.82 Å². The number of nitrogens with zero attached hydrogens (tertiary/aromatic N) is 1. The molecular weight excluding hydrogens is 688 g/mol. The molecular formula is C32H20ClF10NO4. The highest BCUT2D eigenvalue weighted by atomic mass is 35.5. The molecule has 0 aliphatic carbocycles. The molecule has 0 heterocycles. The van der Waals surface area contributed by atoms with Crippen molar-refractivity contribution >= 4 is 23.7 Å². The summed E-state index contributed by atoms with van der Waals surface area (Å²) in [4.78, 5) is 24.6. The minimum absolute atomic E-state index is 0.00263. The summed E-state index contributed by atoms with van der Waals surface area (Å²) in [6.45, 7) is -1.78. The Morgan fingerprint density at radius 2 is 1.29 bits per heavy atom. The van der Waals surface area contributed by atoms with Crippen molar-refractivity contribution < 1.29 is 63.3 Å². The molecule has 1 amide bonds. The lowest BCUT2D eigenvalue weighted by Crippen LogP contribution is -2.30. The van der Waals surface area contributed by atoms with E-state index in [1.807, 2.05) is 0 Å². The number of hydrogen-bond acceptors (Lipinski definition) is 3. The van der Waals surface area contributed by atoms with E-state index < -0.39 is 71.8 Å². The van der Waals surface area contributed by atoms with E-state index >= 15 is 0 Å². The van der Waals surface area contributed by atoms with Crippen LogP contribution in [0.5, 0.6) is 0 Å². The quantitative estimate of drug-likeness (QED) is 0.194. The van der Waals surface area contributed by atoms with Gasteiger partial charge in [0.15, 0.2) is 0 Å².